The van der Waals surface area contributed by atoms with Gasteiger partial charge in [-0.1, -0.05) is 99.2 Å². The van der Waals surface area contributed by atoms with Gasteiger partial charge < -0.3 is 9.80 Å². The minimum Gasteiger partial charge on any atom is -0.337 e. The van der Waals surface area contributed by atoms with Gasteiger partial charge >= 0.3 is 0 Å². The summed E-state index contributed by atoms with van der Waals surface area (Å²) in [6, 6.07) is 42.6. The van der Waals surface area contributed by atoms with E-state index in [1.54, 1.807) is 0 Å². The van der Waals surface area contributed by atoms with E-state index in [0.717, 1.165) is 9.66 Å². The Labute approximate surface area is 334 Å². The highest BCUT2D eigenvalue weighted by molar-refractivity contribution is 7.26. The summed E-state index contributed by atoms with van der Waals surface area (Å²) >= 11 is 3.69. The number of hydrogen-bond donors (Lipinski definition) is 0. The van der Waals surface area contributed by atoms with Crippen LogP contribution >= 0.6 is 22.7 Å². The van der Waals surface area contributed by atoms with E-state index in [9.17, 15) is 0 Å². The highest BCUT2D eigenvalue weighted by Gasteiger charge is 2.30. The van der Waals surface area contributed by atoms with Gasteiger partial charge in [0.2, 0.25) is 0 Å². The Morgan fingerprint density at radius 1 is 0.393 bits per heavy atom. The Morgan fingerprint density at radius 2 is 0.821 bits per heavy atom. The molecular formula is C50H42N4S2. The fourth-order valence-electron chi connectivity index (χ4n) is 10.5. The molecule has 274 valence electrons. The van der Waals surface area contributed by atoms with E-state index in [1.165, 1.54) is 150 Å². The predicted octanol–water partition coefficient (Wildman–Crippen LogP) is 15.1. The highest BCUT2D eigenvalue weighted by Crippen LogP contribution is 2.50. The first-order chi connectivity index (χ1) is 27.8. The second-order valence-electron chi connectivity index (χ2n) is 16.1. The molecule has 0 amide bonds. The Bertz CT molecular complexity index is 2880. The SMILES string of the molecule is c1cnc2sc3c(N(c4ccc5ccc6c(N(c7cccc8c7sc7ncccc78)C7CCCCC7)ccc7ccc4c5c76)C4CCCCC4)cccc3c2c1. The maximum Gasteiger partial charge on any atom is 0.124 e. The van der Waals surface area contributed by atoms with Gasteiger partial charge in [-0.15, -0.1) is 22.7 Å². The van der Waals surface area contributed by atoms with Crippen LogP contribution < -0.4 is 9.80 Å². The Hall–Kier alpha value is -5.30. The third-order valence-electron chi connectivity index (χ3n) is 13.0. The molecule has 6 aromatic carbocycles. The average molecular weight is 763 g/mol. The smallest absolute Gasteiger partial charge is 0.124 e. The second kappa shape index (κ2) is 13.1. The molecule has 2 aliphatic rings. The quantitative estimate of drug-likeness (QED) is 0.158. The summed E-state index contributed by atoms with van der Waals surface area (Å²) in [6.45, 7) is 0. The van der Waals surface area contributed by atoms with Gasteiger partial charge in [0.25, 0.3) is 0 Å². The van der Waals surface area contributed by atoms with Gasteiger partial charge in [-0.05, 0) is 95.8 Å². The van der Waals surface area contributed by atoms with Crippen molar-refractivity contribution in [3.8, 4) is 0 Å². The van der Waals surface area contributed by atoms with Crippen molar-refractivity contribution in [2.75, 3.05) is 9.80 Å². The molecule has 12 rings (SSSR count). The number of fused-ring (bicyclic) bond motifs is 6. The summed E-state index contributed by atoms with van der Waals surface area (Å²) in [5.74, 6) is 0. The molecule has 0 aliphatic heterocycles. The molecule has 0 atom stereocenters. The summed E-state index contributed by atoms with van der Waals surface area (Å²) in [5.41, 5.74) is 5.30. The van der Waals surface area contributed by atoms with Crippen LogP contribution in [0.1, 0.15) is 64.2 Å². The summed E-state index contributed by atoms with van der Waals surface area (Å²) in [5, 5.41) is 13.2. The fraction of sp³-hybridized carbons (Fsp3) is 0.240. The van der Waals surface area contributed by atoms with Crippen LogP contribution in [0, 0.1) is 0 Å². The van der Waals surface area contributed by atoms with Crippen molar-refractivity contribution in [3.05, 3.63) is 122 Å². The molecule has 10 aromatic rings. The monoisotopic (exact) mass is 762 g/mol. The van der Waals surface area contributed by atoms with E-state index in [1.807, 2.05) is 35.1 Å². The number of anilines is 4. The predicted molar refractivity (Wildman–Crippen MR) is 242 cm³/mol. The third-order valence-corrected chi connectivity index (χ3v) is 15.3. The first kappa shape index (κ1) is 32.9. The maximum absolute atomic E-state index is 4.81. The first-order valence-corrected chi connectivity index (χ1v) is 22.2. The van der Waals surface area contributed by atoms with Crippen LogP contribution in [0.5, 0.6) is 0 Å². The molecule has 4 aromatic heterocycles. The number of rotatable bonds is 6. The largest absolute Gasteiger partial charge is 0.337 e. The van der Waals surface area contributed by atoms with Gasteiger partial charge in [0.05, 0.1) is 20.8 Å². The van der Waals surface area contributed by atoms with E-state index in [2.05, 4.69) is 119 Å². The lowest BCUT2D eigenvalue weighted by atomic mass is 9.89. The standard InChI is InChI=1S/C50H42N4S2/c1-3-11-33(12-4-1)53(43-19-7-15-35-37-17-9-29-51-49(37)55-47(35)43)41-27-23-31-22-26-40-42(28-24-32-21-25-39(41)45(31)46(32)40)54(34-13-5-2-6-14-34)44-20-8-16-36-38-18-10-30-52-50(38)56-48(36)44/h7-10,15-30,33-34H,1-6,11-14H2. The molecule has 4 nitrogen and oxygen atoms in total. The van der Waals surface area contributed by atoms with E-state index in [-0.39, 0.29) is 0 Å². The molecule has 2 saturated carbocycles. The van der Waals surface area contributed by atoms with Gasteiger partial charge in [0.15, 0.2) is 0 Å². The maximum atomic E-state index is 4.81. The van der Waals surface area contributed by atoms with Crippen LogP contribution in [0.25, 0.3) is 72.9 Å². The third kappa shape index (κ3) is 5.01. The lowest BCUT2D eigenvalue weighted by Gasteiger charge is -2.38. The topological polar surface area (TPSA) is 32.3 Å². The molecule has 0 unspecified atom stereocenters. The van der Waals surface area contributed by atoms with Crippen LogP contribution in [0.3, 0.4) is 0 Å². The molecule has 56 heavy (non-hydrogen) atoms. The Kier molecular flexibility index (Phi) is 7.72. The van der Waals surface area contributed by atoms with E-state index < -0.39 is 0 Å². The molecule has 4 heterocycles. The Morgan fingerprint density at radius 3 is 1.29 bits per heavy atom. The average Bonchev–Trinajstić information content (AvgIpc) is 3.84. The zero-order chi connectivity index (χ0) is 36.7. The van der Waals surface area contributed by atoms with Crippen molar-refractivity contribution in [2.45, 2.75) is 76.3 Å². The molecule has 2 fully saturated rings. The number of aromatic nitrogens is 2. The van der Waals surface area contributed by atoms with E-state index in [4.69, 9.17) is 9.97 Å². The lowest BCUT2D eigenvalue weighted by molar-refractivity contribution is 0.437. The summed E-state index contributed by atoms with van der Waals surface area (Å²) < 4.78 is 2.68. The van der Waals surface area contributed by atoms with Crippen molar-refractivity contribution >= 4 is 118 Å². The van der Waals surface area contributed by atoms with Crippen LogP contribution in [-0.4, -0.2) is 22.1 Å². The summed E-state index contributed by atoms with van der Waals surface area (Å²) in [6.07, 6.45) is 16.5. The molecule has 2 aliphatic carbocycles. The van der Waals surface area contributed by atoms with Gasteiger partial charge in [-0.2, -0.15) is 0 Å². The minimum atomic E-state index is 0.444. The fourth-order valence-corrected chi connectivity index (χ4v) is 12.8. The van der Waals surface area contributed by atoms with Crippen molar-refractivity contribution in [1.82, 2.24) is 9.97 Å². The molecule has 0 bridgehead atoms. The zero-order valence-electron chi connectivity index (χ0n) is 31.4. The number of pyridine rings is 2. The number of benzene rings is 6. The van der Waals surface area contributed by atoms with Gasteiger partial charge in [0.1, 0.15) is 9.66 Å². The normalized spacial score (nSPS) is 16.1. The molecule has 0 radical (unpaired) electrons. The summed E-state index contributed by atoms with van der Waals surface area (Å²) in [4.78, 5) is 17.3. The van der Waals surface area contributed by atoms with Crippen LogP contribution in [0.15, 0.2) is 122 Å². The van der Waals surface area contributed by atoms with Crippen molar-refractivity contribution in [2.24, 2.45) is 0 Å². The Balaban J connectivity index is 1.10. The molecule has 0 saturated heterocycles. The number of nitrogens with zero attached hydrogens (tertiary/aromatic N) is 4. The number of hydrogen-bond acceptors (Lipinski definition) is 6. The summed E-state index contributed by atoms with van der Waals surface area (Å²) in [7, 11) is 0. The van der Waals surface area contributed by atoms with Gasteiger partial charge in [0, 0.05) is 68.2 Å². The second-order valence-corrected chi connectivity index (χ2v) is 18.1. The lowest BCUT2D eigenvalue weighted by Crippen LogP contribution is -2.33. The van der Waals surface area contributed by atoms with Crippen LogP contribution in [-0.2, 0) is 0 Å². The van der Waals surface area contributed by atoms with Gasteiger partial charge in [-0.3, -0.25) is 0 Å². The van der Waals surface area contributed by atoms with Gasteiger partial charge in [-0.25, -0.2) is 9.97 Å². The highest BCUT2D eigenvalue weighted by atomic mass is 32.1. The molecular weight excluding hydrogens is 721 g/mol. The molecule has 0 N–H and O–H groups in total. The van der Waals surface area contributed by atoms with Crippen molar-refractivity contribution in [1.29, 1.82) is 0 Å². The minimum absolute atomic E-state index is 0.444. The van der Waals surface area contributed by atoms with Crippen molar-refractivity contribution < 1.29 is 0 Å². The van der Waals surface area contributed by atoms with Crippen LogP contribution in [0.4, 0.5) is 22.7 Å². The molecule has 0 spiro atoms. The number of thiophene rings is 2. The molecule has 6 heteroatoms. The van der Waals surface area contributed by atoms with Crippen molar-refractivity contribution in [3.63, 3.8) is 0 Å². The van der Waals surface area contributed by atoms with E-state index >= 15 is 0 Å². The van der Waals surface area contributed by atoms with Crippen LogP contribution in [0.2, 0.25) is 0 Å². The van der Waals surface area contributed by atoms with E-state index in [0.29, 0.717) is 12.1 Å². The first-order valence-electron chi connectivity index (χ1n) is 20.6. The zero-order valence-corrected chi connectivity index (χ0v) is 33.0.